The number of hydrogen-bond acceptors (Lipinski definition) is 5. The number of aromatic nitrogens is 3. The topological polar surface area (TPSA) is 97.6 Å². The number of rotatable bonds is 7. The Balaban J connectivity index is 2.10. The largest absolute Gasteiger partial charge is 0.444 e. The second-order valence-corrected chi connectivity index (χ2v) is 7.61. The normalized spacial score (nSPS) is 13.2. The van der Waals surface area contributed by atoms with Crippen LogP contribution in [0.1, 0.15) is 44.5 Å². The lowest BCUT2D eigenvalue weighted by Crippen LogP contribution is -2.32. The molecule has 26 heavy (non-hydrogen) atoms. The lowest BCUT2D eigenvalue weighted by Gasteiger charge is -2.19. The van der Waals surface area contributed by atoms with Crippen LogP contribution in [0, 0.1) is 0 Å². The number of ether oxygens (including phenoxy) is 1. The van der Waals surface area contributed by atoms with Gasteiger partial charge in [0.15, 0.2) is 5.65 Å². The van der Waals surface area contributed by atoms with Gasteiger partial charge in [-0.2, -0.15) is 5.10 Å². The van der Waals surface area contributed by atoms with Crippen LogP contribution in [0.2, 0.25) is 0 Å². The van der Waals surface area contributed by atoms with Gasteiger partial charge in [-0.05, 0) is 32.4 Å². The van der Waals surface area contributed by atoms with E-state index < -0.39 is 52.0 Å². The Morgan fingerprint density at radius 2 is 2.15 bits per heavy atom. The molecule has 0 spiro atoms. The van der Waals surface area contributed by atoms with E-state index in [1.165, 1.54) is 10.7 Å². The molecule has 0 aliphatic carbocycles. The lowest BCUT2D eigenvalue weighted by atomic mass is 10.1. The molecule has 8 nitrogen and oxygen atoms in total. The number of nitrogens with one attached hydrogen (secondary N) is 2. The number of alkyl halides is 2. The van der Waals surface area contributed by atoms with Crippen molar-refractivity contribution in [3.05, 3.63) is 29.7 Å². The minimum atomic E-state index is -2.53. The van der Waals surface area contributed by atoms with Crippen molar-refractivity contribution >= 4 is 33.2 Å². The molecular formula is C15H20F2IN5O3. The van der Waals surface area contributed by atoms with Crippen LogP contribution in [0.4, 0.5) is 13.6 Å². The summed E-state index contributed by atoms with van der Waals surface area (Å²) >= 11 is -1.60. The fourth-order valence-electron chi connectivity index (χ4n) is 2.17. The SMILES string of the molecule is CC(C)(C)OC(=O)NCc1cn2ncc([C@@H](CC(F)F)NI=O)cc2n1. The van der Waals surface area contributed by atoms with Gasteiger partial charge in [0.2, 0.25) is 27.9 Å². The third-order valence-corrected chi connectivity index (χ3v) is 4.20. The number of halogens is 3. The molecular weight excluding hydrogens is 463 g/mol. The van der Waals surface area contributed by atoms with Gasteiger partial charge in [0.05, 0.1) is 30.7 Å². The number of hydrogen-bond donors (Lipinski definition) is 2. The highest BCUT2D eigenvalue weighted by molar-refractivity contribution is 14.1. The summed E-state index contributed by atoms with van der Waals surface area (Å²) in [6.07, 6.45) is -0.518. The van der Waals surface area contributed by atoms with Crippen LogP contribution in [0.25, 0.3) is 5.65 Å². The summed E-state index contributed by atoms with van der Waals surface area (Å²) in [6, 6.07) is 0.849. The van der Waals surface area contributed by atoms with Gasteiger partial charge in [-0.25, -0.2) is 26.6 Å². The number of amides is 1. The zero-order valence-corrected chi connectivity index (χ0v) is 16.7. The Bertz CT molecular complexity index is 778. The minimum absolute atomic E-state index is 0.137. The second kappa shape index (κ2) is 8.75. The Morgan fingerprint density at radius 1 is 1.42 bits per heavy atom. The van der Waals surface area contributed by atoms with E-state index in [-0.39, 0.29) is 6.54 Å². The van der Waals surface area contributed by atoms with Crippen molar-refractivity contribution in [3.63, 3.8) is 0 Å². The highest BCUT2D eigenvalue weighted by Gasteiger charge is 2.19. The van der Waals surface area contributed by atoms with Crippen molar-refractivity contribution < 1.29 is 21.4 Å². The molecule has 0 aromatic carbocycles. The van der Waals surface area contributed by atoms with E-state index in [1.807, 2.05) is 0 Å². The second-order valence-electron chi connectivity index (χ2n) is 6.54. The van der Waals surface area contributed by atoms with E-state index in [2.05, 4.69) is 18.9 Å². The number of carbonyl (C=O) groups is 1. The van der Waals surface area contributed by atoms with Crippen molar-refractivity contribution in [2.45, 2.75) is 51.8 Å². The first-order valence-electron chi connectivity index (χ1n) is 7.78. The predicted octanol–water partition coefficient (Wildman–Crippen LogP) is 3.27. The maximum Gasteiger partial charge on any atom is 0.407 e. The van der Waals surface area contributed by atoms with E-state index in [4.69, 9.17) is 4.74 Å². The summed E-state index contributed by atoms with van der Waals surface area (Å²) in [5, 5.41) is 6.72. The van der Waals surface area contributed by atoms with Gasteiger partial charge >= 0.3 is 6.09 Å². The summed E-state index contributed by atoms with van der Waals surface area (Å²) < 4.78 is 45.4. The van der Waals surface area contributed by atoms with Crippen molar-refractivity contribution in [3.8, 4) is 0 Å². The number of imidazole rings is 1. The van der Waals surface area contributed by atoms with Crippen LogP contribution in [-0.4, -0.2) is 32.7 Å². The molecule has 2 aromatic rings. The Hall–Kier alpha value is -1.76. The van der Waals surface area contributed by atoms with Gasteiger partial charge in [0, 0.05) is 6.42 Å². The van der Waals surface area contributed by atoms with E-state index in [0.717, 1.165) is 0 Å². The van der Waals surface area contributed by atoms with Crippen LogP contribution < -0.4 is 8.85 Å². The first-order valence-corrected chi connectivity index (χ1v) is 9.74. The molecule has 11 heteroatoms. The van der Waals surface area contributed by atoms with Gasteiger partial charge in [-0.1, -0.05) is 0 Å². The molecule has 2 rings (SSSR count). The summed E-state index contributed by atoms with van der Waals surface area (Å²) in [5.74, 6) is 0. The molecule has 144 valence electrons. The van der Waals surface area contributed by atoms with E-state index in [0.29, 0.717) is 16.9 Å². The highest BCUT2D eigenvalue weighted by Crippen LogP contribution is 2.23. The smallest absolute Gasteiger partial charge is 0.407 e. The van der Waals surface area contributed by atoms with Crippen molar-refractivity contribution in [1.82, 2.24) is 23.4 Å². The molecule has 0 aliphatic rings. The van der Waals surface area contributed by atoms with Crippen LogP contribution >= 0.6 is 21.5 Å². The van der Waals surface area contributed by atoms with Gasteiger partial charge in [0.1, 0.15) is 5.60 Å². The first kappa shape index (κ1) is 20.6. The average molecular weight is 483 g/mol. The molecule has 0 saturated carbocycles. The summed E-state index contributed by atoms with van der Waals surface area (Å²) in [5.41, 5.74) is 0.852. The number of alkyl carbamates (subject to hydrolysis) is 1. The fraction of sp³-hybridized carbons (Fsp3) is 0.533. The van der Waals surface area contributed by atoms with Crippen molar-refractivity contribution in [2.24, 2.45) is 0 Å². The molecule has 2 heterocycles. The van der Waals surface area contributed by atoms with Crippen LogP contribution in [-0.2, 0) is 14.4 Å². The zero-order valence-electron chi connectivity index (χ0n) is 14.5. The molecule has 0 unspecified atom stereocenters. The monoisotopic (exact) mass is 483 g/mol. The first-order chi connectivity index (χ1) is 12.2. The molecule has 1 amide bonds. The maximum atomic E-state index is 12.7. The summed E-state index contributed by atoms with van der Waals surface area (Å²) in [6.45, 7) is 5.42. The Kier molecular flexibility index (Phi) is 6.92. The molecule has 0 saturated heterocycles. The Labute approximate surface area is 159 Å². The van der Waals surface area contributed by atoms with E-state index in [9.17, 15) is 16.6 Å². The number of nitrogens with zero attached hydrogens (tertiary/aromatic N) is 3. The van der Waals surface area contributed by atoms with E-state index in [1.54, 1.807) is 33.0 Å². The standard InChI is InChI=1S/C15H20F2IN5O3/c1-15(2,3)26-14(24)19-7-10-8-23-13(21-10)4-9(6-20-23)11(22-18-25)5-12(16)17/h4,6,8,11-12H,5,7H2,1-3H3,(H,19,24)(H,22,25)/t11-/m1/s1. The summed E-state index contributed by atoms with van der Waals surface area (Å²) in [7, 11) is 0. The third kappa shape index (κ3) is 6.20. The fourth-order valence-corrected chi connectivity index (χ4v) is 3.09. The third-order valence-electron chi connectivity index (χ3n) is 3.20. The molecule has 0 radical (unpaired) electrons. The van der Waals surface area contributed by atoms with Crippen LogP contribution in [0.3, 0.4) is 0 Å². The minimum Gasteiger partial charge on any atom is -0.444 e. The van der Waals surface area contributed by atoms with Crippen molar-refractivity contribution in [2.75, 3.05) is 0 Å². The van der Waals surface area contributed by atoms with Crippen LogP contribution in [0.15, 0.2) is 18.5 Å². The zero-order chi connectivity index (χ0) is 19.3. The molecule has 2 aromatic heterocycles. The number of carbonyl (C=O) groups excluding carboxylic acids is 1. The van der Waals surface area contributed by atoms with Crippen LogP contribution in [0.5, 0.6) is 0 Å². The van der Waals surface area contributed by atoms with Gasteiger partial charge < -0.3 is 10.1 Å². The van der Waals surface area contributed by atoms with Gasteiger partial charge in [-0.15, -0.1) is 0 Å². The Morgan fingerprint density at radius 3 is 2.77 bits per heavy atom. The lowest BCUT2D eigenvalue weighted by molar-refractivity contribution is 0.0523. The maximum absolute atomic E-state index is 12.7. The molecule has 0 bridgehead atoms. The molecule has 0 fully saturated rings. The average Bonchev–Trinajstić information content (AvgIpc) is 2.92. The van der Waals surface area contributed by atoms with Crippen molar-refractivity contribution in [1.29, 1.82) is 0 Å². The quantitative estimate of drug-likeness (QED) is 0.464. The van der Waals surface area contributed by atoms with Gasteiger partial charge in [-0.3, -0.25) is 3.07 Å². The molecule has 1 atom stereocenters. The predicted molar refractivity (Wildman–Crippen MR) is 97.3 cm³/mol. The molecule has 0 aliphatic heterocycles. The van der Waals surface area contributed by atoms with E-state index >= 15 is 0 Å². The van der Waals surface area contributed by atoms with Gasteiger partial charge in [0.25, 0.3) is 0 Å². The summed E-state index contributed by atoms with van der Waals surface area (Å²) in [4.78, 5) is 16.0. The molecule has 2 N–H and O–H groups in total. The highest BCUT2D eigenvalue weighted by atomic mass is 127. The number of fused-ring (bicyclic) bond motifs is 1.